The number of carbonyl (C=O) groups is 1. The largest absolute Gasteiger partial charge is 0.484 e. The van der Waals surface area contributed by atoms with Crippen LogP contribution in [-0.2, 0) is 36.3 Å². The van der Waals surface area contributed by atoms with Gasteiger partial charge in [-0.05, 0) is 42.0 Å². The maximum absolute atomic E-state index is 14.4. The zero-order chi connectivity index (χ0) is 31.2. The molecular weight excluding hydrogens is 591 g/mol. The van der Waals surface area contributed by atoms with E-state index in [0.29, 0.717) is 60.9 Å². The Bertz CT molecular complexity index is 1690. The minimum Gasteiger partial charge on any atom is -0.484 e. The molecule has 2 heterocycles. The number of primary sulfonamides is 1. The summed E-state index contributed by atoms with van der Waals surface area (Å²) in [6.45, 7) is 0.957. The molecule has 13 heteroatoms. The van der Waals surface area contributed by atoms with Crippen molar-refractivity contribution in [3.8, 4) is 28.3 Å². The van der Waals surface area contributed by atoms with E-state index in [1.807, 2.05) is 30.3 Å². The summed E-state index contributed by atoms with van der Waals surface area (Å²) in [6.07, 6.45) is 1.49. The summed E-state index contributed by atoms with van der Waals surface area (Å²) < 4.78 is 60.6. The summed E-state index contributed by atoms with van der Waals surface area (Å²) >= 11 is 0. The molecule has 1 saturated heterocycles. The van der Waals surface area contributed by atoms with Gasteiger partial charge < -0.3 is 18.6 Å². The smallest absolute Gasteiger partial charge is 0.271 e. The first-order valence-electron chi connectivity index (χ1n) is 13.9. The molecule has 4 N–H and O–H groups in total. The average Bonchev–Trinajstić information content (AvgIpc) is 3.46. The predicted molar refractivity (Wildman–Crippen MR) is 159 cm³/mol. The van der Waals surface area contributed by atoms with Gasteiger partial charge >= 0.3 is 0 Å². The van der Waals surface area contributed by atoms with Gasteiger partial charge in [0.25, 0.3) is 5.91 Å². The number of nitrogens with one attached hydrogen (secondary N) is 2. The highest BCUT2D eigenvalue weighted by molar-refractivity contribution is 7.89. The van der Waals surface area contributed by atoms with Gasteiger partial charge in [-0.3, -0.25) is 10.2 Å². The number of ether oxygens (including phenoxy) is 3. The average molecular weight is 625 g/mol. The Hall–Kier alpha value is -4.14. The monoisotopic (exact) mass is 624 g/mol. The van der Waals surface area contributed by atoms with Crippen molar-refractivity contribution in [3.05, 3.63) is 90.1 Å². The van der Waals surface area contributed by atoms with Crippen molar-refractivity contribution in [3.63, 3.8) is 0 Å². The van der Waals surface area contributed by atoms with Crippen molar-refractivity contribution in [1.29, 1.82) is 0 Å². The van der Waals surface area contributed by atoms with Crippen LogP contribution < -0.4 is 20.7 Å². The molecule has 1 aliphatic rings. The lowest BCUT2D eigenvalue weighted by atomic mass is 9.86. The lowest BCUT2D eigenvalue weighted by Gasteiger charge is -2.36. The quantitative estimate of drug-likeness (QED) is 0.158. The van der Waals surface area contributed by atoms with Crippen LogP contribution in [0.4, 0.5) is 4.39 Å². The van der Waals surface area contributed by atoms with Crippen LogP contribution in [-0.4, -0.2) is 52.8 Å². The van der Waals surface area contributed by atoms with Gasteiger partial charge in [0.05, 0.1) is 10.5 Å². The second-order valence-corrected chi connectivity index (χ2v) is 11.8. The Morgan fingerprint density at radius 2 is 1.77 bits per heavy atom. The van der Waals surface area contributed by atoms with Crippen LogP contribution in [0, 0.1) is 5.82 Å². The third-order valence-corrected chi connectivity index (χ3v) is 8.24. The highest BCUT2D eigenvalue weighted by Gasteiger charge is 2.35. The zero-order valence-corrected chi connectivity index (χ0v) is 24.9. The topological polar surface area (TPSA) is 155 Å². The van der Waals surface area contributed by atoms with E-state index in [-0.39, 0.29) is 23.8 Å². The summed E-state index contributed by atoms with van der Waals surface area (Å²) in [6, 6.07) is 19.8. The highest BCUT2D eigenvalue weighted by atomic mass is 32.2. The summed E-state index contributed by atoms with van der Waals surface area (Å²) in [5.74, 6) is 0.140. The number of oxazole rings is 1. The highest BCUT2D eigenvalue weighted by Crippen LogP contribution is 2.37. The van der Waals surface area contributed by atoms with E-state index in [1.54, 1.807) is 25.3 Å². The van der Waals surface area contributed by atoms with Crippen LogP contribution in [0.5, 0.6) is 5.75 Å². The summed E-state index contributed by atoms with van der Waals surface area (Å²) in [7, 11) is -2.25. The van der Waals surface area contributed by atoms with Crippen LogP contribution in [0.1, 0.15) is 24.3 Å². The fraction of sp³-hybridized carbons (Fsp3) is 0.290. The van der Waals surface area contributed by atoms with Crippen LogP contribution in [0.25, 0.3) is 22.6 Å². The van der Waals surface area contributed by atoms with Crippen molar-refractivity contribution in [2.24, 2.45) is 5.14 Å². The molecule has 0 aliphatic carbocycles. The number of sulfonamides is 1. The lowest BCUT2D eigenvalue weighted by molar-refractivity contribution is -0.124. The minimum atomic E-state index is -3.84. The van der Waals surface area contributed by atoms with E-state index in [9.17, 15) is 17.6 Å². The molecule has 5 rings (SSSR count). The first kappa shape index (κ1) is 31.3. The molecule has 1 fully saturated rings. The third-order valence-electron chi connectivity index (χ3n) is 7.31. The number of carbonyl (C=O) groups excluding carboxylic acids is 1. The first-order chi connectivity index (χ1) is 21.2. The van der Waals surface area contributed by atoms with Gasteiger partial charge in [-0.1, -0.05) is 30.3 Å². The number of amides is 1. The summed E-state index contributed by atoms with van der Waals surface area (Å²) in [5.41, 5.74) is 7.38. The van der Waals surface area contributed by atoms with Gasteiger partial charge in [0, 0.05) is 63.3 Å². The fourth-order valence-corrected chi connectivity index (χ4v) is 5.51. The summed E-state index contributed by atoms with van der Waals surface area (Å²) in [4.78, 5) is 17.1. The van der Waals surface area contributed by atoms with Gasteiger partial charge in [-0.25, -0.2) is 28.4 Å². The maximum Gasteiger partial charge on any atom is 0.271 e. The van der Waals surface area contributed by atoms with Gasteiger partial charge in [0.1, 0.15) is 17.3 Å². The van der Waals surface area contributed by atoms with E-state index < -0.39 is 27.3 Å². The molecule has 0 saturated carbocycles. The Labute approximate surface area is 254 Å². The summed E-state index contributed by atoms with van der Waals surface area (Å²) in [5, 5.41) is 5.23. The Morgan fingerprint density at radius 1 is 1.05 bits per heavy atom. The van der Waals surface area contributed by atoms with E-state index >= 15 is 0 Å². The predicted octanol–water partition coefficient (Wildman–Crippen LogP) is 3.69. The lowest BCUT2D eigenvalue weighted by Crippen LogP contribution is -2.41. The number of benzene rings is 3. The number of hydrazine groups is 1. The SMILES string of the molecule is COC1(c2cc(F)cc(OCC(=O)NNCCc3nc(-c4ccccc4)c(-c4ccc(S(N)(=O)=O)cc4)o3)c2)CCOCC1. The Balaban J connectivity index is 1.18. The number of aromatic nitrogens is 1. The Kier molecular flexibility index (Phi) is 9.71. The van der Waals surface area contributed by atoms with Gasteiger partial charge in [0.2, 0.25) is 10.0 Å². The third kappa shape index (κ3) is 7.49. The van der Waals surface area contributed by atoms with E-state index in [0.717, 1.165) is 5.56 Å². The number of halogens is 1. The van der Waals surface area contributed by atoms with Gasteiger partial charge in [-0.2, -0.15) is 0 Å². The first-order valence-corrected chi connectivity index (χ1v) is 15.5. The van der Waals surface area contributed by atoms with Gasteiger partial charge in [0.15, 0.2) is 18.3 Å². The van der Waals surface area contributed by atoms with Crippen LogP contribution in [0.15, 0.2) is 82.1 Å². The molecule has 3 aromatic carbocycles. The normalized spacial score (nSPS) is 14.7. The molecule has 44 heavy (non-hydrogen) atoms. The number of nitrogens with two attached hydrogens (primary N) is 1. The minimum absolute atomic E-state index is 0.0118. The van der Waals surface area contributed by atoms with E-state index in [2.05, 4.69) is 15.8 Å². The van der Waals surface area contributed by atoms with Crippen molar-refractivity contribution >= 4 is 15.9 Å². The number of hydrogen-bond donors (Lipinski definition) is 3. The second-order valence-electron chi connectivity index (χ2n) is 10.2. The standard InChI is InChI=1S/C31H33FN4O7S/c1-40-31(12-15-41-16-13-31)23-17-24(32)19-25(18-23)42-20-27(37)36-34-14-11-28-35-29(21-5-3-2-4-6-21)30(43-28)22-7-9-26(10-8-22)44(33,38)39/h2-10,17-19,34H,11-16,20H2,1H3,(H,36,37)(H2,33,38,39). The molecule has 0 radical (unpaired) electrons. The molecule has 0 atom stereocenters. The van der Waals surface area contributed by atoms with Crippen molar-refractivity contribution in [2.45, 2.75) is 29.8 Å². The molecule has 1 aromatic heterocycles. The molecule has 0 bridgehead atoms. The molecule has 4 aromatic rings. The number of methoxy groups -OCH3 is 1. The molecule has 11 nitrogen and oxygen atoms in total. The maximum atomic E-state index is 14.4. The molecule has 232 valence electrons. The molecule has 1 amide bonds. The second kappa shape index (κ2) is 13.7. The number of nitrogens with zero attached hydrogens (tertiary/aromatic N) is 1. The number of rotatable bonds is 12. The van der Waals surface area contributed by atoms with E-state index in [4.69, 9.17) is 23.8 Å². The molecule has 0 unspecified atom stereocenters. The molecule has 1 aliphatic heterocycles. The van der Waals surface area contributed by atoms with Crippen molar-refractivity contribution in [2.75, 3.05) is 33.5 Å². The van der Waals surface area contributed by atoms with E-state index in [1.165, 1.54) is 24.3 Å². The van der Waals surface area contributed by atoms with Gasteiger partial charge in [-0.15, -0.1) is 0 Å². The fourth-order valence-electron chi connectivity index (χ4n) is 4.99. The zero-order valence-electron chi connectivity index (χ0n) is 24.0. The van der Waals surface area contributed by atoms with Crippen molar-refractivity contribution in [1.82, 2.24) is 15.8 Å². The molecule has 0 spiro atoms. The van der Waals surface area contributed by atoms with Crippen LogP contribution >= 0.6 is 0 Å². The Morgan fingerprint density at radius 3 is 2.45 bits per heavy atom. The van der Waals surface area contributed by atoms with Crippen LogP contribution in [0.2, 0.25) is 0 Å². The van der Waals surface area contributed by atoms with Crippen molar-refractivity contribution < 1.29 is 36.2 Å². The molecular formula is C31H33FN4O7S. The van der Waals surface area contributed by atoms with Crippen LogP contribution in [0.3, 0.4) is 0 Å². The number of hydrogen-bond acceptors (Lipinski definition) is 9.